The Hall–Kier alpha value is 1.14. The van der Waals surface area contributed by atoms with Crippen molar-refractivity contribution in [2.24, 2.45) is 0 Å². The molecule has 0 saturated heterocycles. The fourth-order valence-corrected chi connectivity index (χ4v) is 9.60. The number of thiol groups is 4. The molecule has 0 aromatic heterocycles. The molecule has 0 bridgehead atoms. The quantitative estimate of drug-likeness (QED) is 0.0225. The molecule has 0 aliphatic rings. The molecule has 0 aliphatic heterocycles. The van der Waals surface area contributed by atoms with E-state index in [9.17, 15) is 19.8 Å². The van der Waals surface area contributed by atoms with Crippen molar-refractivity contribution in [1.29, 1.82) is 0 Å². The molecule has 0 saturated carbocycles. The molecule has 0 aromatic rings. The van der Waals surface area contributed by atoms with Crippen molar-refractivity contribution < 1.29 is 19.8 Å². The zero-order chi connectivity index (χ0) is 37.5. The summed E-state index contributed by atoms with van der Waals surface area (Å²) in [6.07, 6.45) is 37.8. The van der Waals surface area contributed by atoms with Gasteiger partial charge in [-0.05, 0) is 12.8 Å². The van der Waals surface area contributed by atoms with Crippen molar-refractivity contribution in [3.05, 3.63) is 0 Å². The van der Waals surface area contributed by atoms with Gasteiger partial charge in [0.05, 0.1) is 20.1 Å². The molecule has 0 radical (unpaired) electrons. The fourth-order valence-electron chi connectivity index (χ4n) is 5.40. The second-order valence-electron chi connectivity index (χ2n) is 13.9. The molecule has 9 heteroatoms. The molecule has 0 N–H and O–H groups in total. The summed E-state index contributed by atoms with van der Waals surface area (Å²) in [4.78, 5) is 21.2. The first-order chi connectivity index (χ1) is 23.4. The van der Waals surface area contributed by atoms with E-state index in [-0.39, 0.29) is 21.1 Å². The Labute approximate surface area is 338 Å². The second kappa shape index (κ2) is 41.9. The third-order valence-corrected chi connectivity index (χ3v) is 14.5. The van der Waals surface area contributed by atoms with Gasteiger partial charge in [-0.3, -0.25) is 0 Å². The minimum atomic E-state index is -1.26. The van der Waals surface area contributed by atoms with E-state index in [4.69, 9.17) is 0 Å². The molecule has 4 nitrogen and oxygen atoms in total. The number of carboxylic acids is 2. The van der Waals surface area contributed by atoms with Gasteiger partial charge in [-0.25, -0.2) is 0 Å². The predicted octanol–water partition coefficient (Wildman–Crippen LogP) is 11.9. The Morgan fingerprint density at radius 3 is 0.816 bits per heavy atom. The summed E-state index contributed by atoms with van der Waals surface area (Å²) in [7, 11) is 0. The average Bonchev–Trinajstić information content (AvgIpc) is 3.06. The van der Waals surface area contributed by atoms with Crippen molar-refractivity contribution >= 4 is 83.6 Å². The van der Waals surface area contributed by atoms with Crippen LogP contribution in [0, 0.1) is 0 Å². The Kier molecular flexibility index (Phi) is 46.6. The van der Waals surface area contributed by atoms with Crippen molar-refractivity contribution in [2.75, 3.05) is 0 Å². The Morgan fingerprint density at radius 1 is 0.388 bits per heavy atom. The van der Waals surface area contributed by atoms with Crippen LogP contribution in [0.1, 0.15) is 220 Å². The molecule has 292 valence electrons. The Bertz CT molecular complexity index is 639. The van der Waals surface area contributed by atoms with Crippen molar-refractivity contribution in [3.8, 4) is 0 Å². The van der Waals surface area contributed by atoms with Gasteiger partial charge in [-0.2, -0.15) is 50.5 Å². The summed E-state index contributed by atoms with van der Waals surface area (Å²) in [5, 5.41) is 21.2. The summed E-state index contributed by atoms with van der Waals surface area (Å²) in [6.45, 7) is 9.02. The maximum atomic E-state index is 10.6. The number of hydrogen-bond donors (Lipinski definition) is 4. The molecule has 0 aromatic carbocycles. The van der Waals surface area contributed by atoms with E-state index in [1.807, 2.05) is 0 Å². The normalized spacial score (nSPS) is 11.3. The molecular formula is C40H80O4S4Sn. The number of aliphatic carboxylic acids is 2. The van der Waals surface area contributed by atoms with Gasteiger partial charge in [-0.1, -0.05) is 117 Å². The number of unbranched alkanes of at least 4 members (excludes halogenated alkanes) is 24. The van der Waals surface area contributed by atoms with Gasteiger partial charge in [-0.15, -0.1) is 0 Å². The van der Waals surface area contributed by atoms with Crippen LogP contribution in [0.5, 0.6) is 0 Å². The standard InChI is InChI=1S/2C12H24O2S2.2C8H17.Sn/c2*1-2-3-4-5-6-7-8-9-10-12(15,16)11(13)14;2*1-3-5-7-8-6-4-2;/h2*15-16H,2-10H2,1H3,(H,13,14);2*1,3-8H2,2H3;/q;;;;+2/p-2. The topological polar surface area (TPSA) is 80.3 Å². The fraction of sp³-hybridized carbons (Fsp3) is 0.950. The predicted molar refractivity (Wildman–Crippen MR) is 228 cm³/mol. The van der Waals surface area contributed by atoms with Gasteiger partial charge in [0, 0.05) is 0 Å². The van der Waals surface area contributed by atoms with Gasteiger partial charge >= 0.3 is 121 Å². The van der Waals surface area contributed by atoms with Gasteiger partial charge in [0.2, 0.25) is 0 Å². The van der Waals surface area contributed by atoms with Crippen LogP contribution in [0.15, 0.2) is 0 Å². The molecule has 0 rings (SSSR count). The number of hydrogen-bond acceptors (Lipinski definition) is 8. The van der Waals surface area contributed by atoms with Crippen LogP contribution in [-0.2, 0) is 9.59 Å². The molecular weight excluding hydrogens is 791 g/mol. The molecule has 0 heterocycles. The van der Waals surface area contributed by atoms with E-state index in [0.29, 0.717) is 12.8 Å². The summed E-state index contributed by atoms with van der Waals surface area (Å²) in [5.41, 5.74) is 0. The van der Waals surface area contributed by atoms with Crippen molar-refractivity contribution in [2.45, 2.75) is 237 Å². The summed E-state index contributed by atoms with van der Waals surface area (Å²) >= 11 is 15.9. The minimum absolute atomic E-state index is 0.0736. The Morgan fingerprint density at radius 2 is 0.592 bits per heavy atom. The van der Waals surface area contributed by atoms with E-state index in [1.165, 1.54) is 141 Å². The summed E-state index contributed by atoms with van der Waals surface area (Å²) in [6, 6.07) is 0. The van der Waals surface area contributed by atoms with Crippen LogP contribution in [0.3, 0.4) is 0 Å². The van der Waals surface area contributed by atoms with Crippen LogP contribution in [0.4, 0.5) is 0 Å². The summed E-state index contributed by atoms with van der Waals surface area (Å²) < 4.78 is 0.791. The third-order valence-electron chi connectivity index (χ3n) is 8.83. The van der Waals surface area contributed by atoms with E-state index in [1.54, 1.807) is 21.7 Å². The van der Waals surface area contributed by atoms with Gasteiger partial charge in [0.15, 0.2) is 0 Å². The maximum absolute atomic E-state index is 10.6. The first kappa shape index (κ1) is 54.5. The molecule has 49 heavy (non-hydrogen) atoms. The van der Waals surface area contributed by atoms with Crippen LogP contribution in [0.25, 0.3) is 0 Å². The van der Waals surface area contributed by atoms with Crippen LogP contribution in [0.2, 0.25) is 8.87 Å². The van der Waals surface area contributed by atoms with E-state index >= 15 is 0 Å². The van der Waals surface area contributed by atoms with E-state index in [0.717, 1.165) is 25.7 Å². The van der Waals surface area contributed by atoms with E-state index in [2.05, 4.69) is 78.2 Å². The summed E-state index contributed by atoms with van der Waals surface area (Å²) in [5.74, 6) is -2.38. The first-order valence-corrected chi connectivity index (χ1v) is 26.3. The van der Waals surface area contributed by atoms with Gasteiger partial charge in [0.1, 0.15) is 0 Å². The van der Waals surface area contributed by atoms with Crippen LogP contribution < -0.4 is 10.2 Å². The van der Waals surface area contributed by atoms with Gasteiger partial charge < -0.3 is 19.8 Å². The molecule has 0 fully saturated rings. The zero-order valence-corrected chi connectivity index (χ0v) is 39.0. The molecule has 0 atom stereocenters. The van der Waals surface area contributed by atoms with Crippen molar-refractivity contribution in [3.63, 3.8) is 0 Å². The number of carboxylic acid groups (broad SMARTS) is 2. The second-order valence-corrected chi connectivity index (χ2v) is 22.0. The third kappa shape index (κ3) is 45.2. The van der Waals surface area contributed by atoms with Crippen molar-refractivity contribution in [1.82, 2.24) is 0 Å². The van der Waals surface area contributed by atoms with Gasteiger partial charge in [0.25, 0.3) is 0 Å². The molecule has 0 unspecified atom stereocenters. The first-order valence-electron chi connectivity index (χ1n) is 20.5. The molecule has 0 amide bonds. The number of carbonyl (C=O) groups is 2. The molecule has 0 spiro atoms. The Balaban J connectivity index is -0.000000648. The van der Waals surface area contributed by atoms with Crippen LogP contribution >= 0.6 is 50.5 Å². The van der Waals surface area contributed by atoms with E-state index < -0.39 is 20.1 Å². The average molecular weight is 872 g/mol. The zero-order valence-electron chi connectivity index (χ0n) is 32.5. The number of carbonyl (C=O) groups excluding carboxylic acids is 2. The molecule has 0 aliphatic carbocycles. The monoisotopic (exact) mass is 872 g/mol. The SMILES string of the molecule is CCCCCCCCCCC(S)(S)C(=O)[O-].CCCCCCCCCCC(S)(S)C(=O)[O-].CCCCCCC[CH2][Sn+2][CH2]CCCCCCC. The number of rotatable bonds is 34. The van der Waals surface area contributed by atoms with Crippen LogP contribution in [-0.4, -0.2) is 41.2 Å².